The topological polar surface area (TPSA) is 24.9 Å². The zero-order valence-electron chi connectivity index (χ0n) is 8.53. The third-order valence-corrected chi connectivity index (χ3v) is 2.81. The smallest absolute Gasteiger partial charge is 0.126 e. The molecule has 1 aromatic carbocycles. The van der Waals surface area contributed by atoms with E-state index < -0.39 is 0 Å². The quantitative estimate of drug-likeness (QED) is 0.818. The fourth-order valence-electron chi connectivity index (χ4n) is 1.68. The van der Waals surface area contributed by atoms with Gasteiger partial charge in [0.15, 0.2) is 0 Å². The average molecular weight is 197 g/mol. The van der Waals surface area contributed by atoms with Crippen LogP contribution in [-0.4, -0.2) is 11.5 Å². The van der Waals surface area contributed by atoms with E-state index in [0.717, 1.165) is 23.8 Å². The Morgan fingerprint density at radius 1 is 1.33 bits per heavy atom. The minimum absolute atomic E-state index is 0.879. The molecule has 0 unspecified atom stereocenters. The molecule has 1 aliphatic carbocycles. The van der Waals surface area contributed by atoms with Crippen LogP contribution in [0, 0.1) is 12.0 Å². The van der Waals surface area contributed by atoms with Gasteiger partial charge in [0.2, 0.25) is 0 Å². The van der Waals surface area contributed by atoms with Crippen LogP contribution in [0.5, 0.6) is 0 Å². The number of nitrogens with one attached hydrogen (secondary N) is 1. The highest BCUT2D eigenvalue weighted by atomic mass is 15.0. The molecular weight excluding hydrogens is 184 g/mol. The van der Waals surface area contributed by atoms with Gasteiger partial charge in [-0.3, -0.25) is 0 Å². The Morgan fingerprint density at radius 3 is 3.13 bits per heavy atom. The summed E-state index contributed by atoms with van der Waals surface area (Å²) >= 11 is 0. The van der Waals surface area contributed by atoms with E-state index in [1.807, 2.05) is 24.3 Å². The molecule has 0 spiro atoms. The summed E-state index contributed by atoms with van der Waals surface area (Å²) in [5.74, 6) is 1.86. The van der Waals surface area contributed by atoms with E-state index in [1.54, 1.807) is 0 Å². The average Bonchev–Trinajstić information content (AvgIpc) is 3.10. The van der Waals surface area contributed by atoms with Crippen LogP contribution in [0.1, 0.15) is 12.8 Å². The largest absolute Gasteiger partial charge is 0.370 e. The van der Waals surface area contributed by atoms with Gasteiger partial charge < -0.3 is 5.32 Å². The molecule has 1 saturated carbocycles. The van der Waals surface area contributed by atoms with Crippen molar-refractivity contribution in [1.29, 1.82) is 0 Å². The highest BCUT2D eigenvalue weighted by Crippen LogP contribution is 2.28. The van der Waals surface area contributed by atoms with E-state index in [0.29, 0.717) is 0 Å². The monoisotopic (exact) mass is 197 g/mol. The molecule has 1 heterocycles. The molecule has 0 aliphatic heterocycles. The Bertz CT molecular complexity index is 475. The molecule has 0 amide bonds. The van der Waals surface area contributed by atoms with Crippen molar-refractivity contribution in [3.05, 3.63) is 36.4 Å². The first kappa shape index (κ1) is 8.72. The Hall–Kier alpha value is -1.57. The molecule has 0 atom stereocenters. The van der Waals surface area contributed by atoms with E-state index in [1.165, 1.54) is 18.2 Å². The van der Waals surface area contributed by atoms with Crippen LogP contribution in [0.3, 0.4) is 0 Å². The number of nitrogens with zero attached hydrogens (tertiary/aromatic N) is 1. The molecule has 2 heteroatoms. The second-order valence-electron chi connectivity index (χ2n) is 4.14. The summed E-state index contributed by atoms with van der Waals surface area (Å²) in [5.41, 5.74) is 1.01. The van der Waals surface area contributed by atoms with Gasteiger partial charge in [-0.1, -0.05) is 12.1 Å². The number of rotatable bonds is 3. The fraction of sp³-hybridized carbons (Fsp3) is 0.308. The lowest BCUT2D eigenvalue weighted by Crippen LogP contribution is -2.04. The lowest BCUT2D eigenvalue weighted by molar-refractivity contribution is 0.884. The Morgan fingerprint density at radius 2 is 2.27 bits per heavy atom. The van der Waals surface area contributed by atoms with Gasteiger partial charge >= 0.3 is 0 Å². The first-order chi connectivity index (χ1) is 7.42. The van der Waals surface area contributed by atoms with Crippen LogP contribution in [0.4, 0.5) is 5.82 Å². The first-order valence-corrected chi connectivity index (χ1v) is 5.42. The number of hydrogen-bond donors (Lipinski definition) is 1. The molecule has 1 N–H and O–H groups in total. The molecule has 3 rings (SSSR count). The summed E-state index contributed by atoms with van der Waals surface area (Å²) in [4.78, 5) is 4.53. The molecule has 1 aliphatic rings. The normalized spacial score (nSPS) is 15.5. The van der Waals surface area contributed by atoms with Crippen molar-refractivity contribution in [3.8, 4) is 0 Å². The van der Waals surface area contributed by atoms with Crippen LogP contribution in [0.2, 0.25) is 0 Å². The number of hydrogen-bond acceptors (Lipinski definition) is 2. The summed E-state index contributed by atoms with van der Waals surface area (Å²) < 4.78 is 0. The van der Waals surface area contributed by atoms with Gasteiger partial charge in [0.05, 0.1) is 5.52 Å². The standard InChI is InChI=1S/C13H13N2/c1-2-4-12-11(3-1)7-8-13(15-12)14-9-10-5-6-10/h1,3-4,7-8,10H,5-6,9H2,(H,14,15). The summed E-state index contributed by atoms with van der Waals surface area (Å²) in [6.07, 6.45) is 2.74. The Balaban J connectivity index is 1.84. The third-order valence-electron chi connectivity index (χ3n) is 2.81. The molecule has 0 saturated heterocycles. The van der Waals surface area contributed by atoms with Crippen LogP contribution in [0.25, 0.3) is 10.9 Å². The minimum atomic E-state index is 0.879. The van der Waals surface area contributed by atoms with Crippen molar-refractivity contribution in [2.45, 2.75) is 12.8 Å². The molecule has 1 radical (unpaired) electrons. The van der Waals surface area contributed by atoms with Gasteiger partial charge in [-0.05, 0) is 43.0 Å². The van der Waals surface area contributed by atoms with Crippen molar-refractivity contribution in [2.24, 2.45) is 5.92 Å². The maximum absolute atomic E-state index is 4.53. The van der Waals surface area contributed by atoms with E-state index >= 15 is 0 Å². The van der Waals surface area contributed by atoms with Crippen molar-refractivity contribution in [3.63, 3.8) is 0 Å². The lowest BCUT2D eigenvalue weighted by Gasteiger charge is -2.05. The molecular formula is C13H13N2. The van der Waals surface area contributed by atoms with Gasteiger partial charge in [0.25, 0.3) is 0 Å². The summed E-state index contributed by atoms with van der Waals surface area (Å²) in [5, 5.41) is 4.55. The summed E-state index contributed by atoms with van der Waals surface area (Å²) in [6, 6.07) is 13.1. The zero-order chi connectivity index (χ0) is 10.1. The molecule has 15 heavy (non-hydrogen) atoms. The Kier molecular flexibility index (Phi) is 2.05. The van der Waals surface area contributed by atoms with Gasteiger partial charge in [-0.2, -0.15) is 0 Å². The number of benzene rings is 1. The number of fused-ring (bicyclic) bond motifs is 1. The van der Waals surface area contributed by atoms with E-state index in [4.69, 9.17) is 0 Å². The van der Waals surface area contributed by atoms with Crippen molar-refractivity contribution >= 4 is 16.7 Å². The molecule has 0 bridgehead atoms. The predicted octanol–water partition coefficient (Wildman–Crippen LogP) is 2.86. The van der Waals surface area contributed by atoms with Gasteiger partial charge in [0, 0.05) is 11.9 Å². The lowest BCUT2D eigenvalue weighted by atomic mass is 10.2. The van der Waals surface area contributed by atoms with Crippen molar-refractivity contribution < 1.29 is 0 Å². The maximum atomic E-state index is 4.53. The molecule has 1 fully saturated rings. The zero-order valence-corrected chi connectivity index (χ0v) is 8.53. The van der Waals surface area contributed by atoms with Crippen LogP contribution in [-0.2, 0) is 0 Å². The Labute approximate surface area is 89.3 Å². The maximum Gasteiger partial charge on any atom is 0.126 e. The summed E-state index contributed by atoms with van der Waals surface area (Å²) in [7, 11) is 0. The first-order valence-electron chi connectivity index (χ1n) is 5.42. The molecule has 75 valence electrons. The predicted molar refractivity (Wildman–Crippen MR) is 61.8 cm³/mol. The van der Waals surface area contributed by atoms with Crippen LogP contribution in [0.15, 0.2) is 30.3 Å². The van der Waals surface area contributed by atoms with E-state index in [2.05, 4.69) is 22.4 Å². The van der Waals surface area contributed by atoms with Crippen LogP contribution >= 0.6 is 0 Å². The van der Waals surface area contributed by atoms with Gasteiger partial charge in [-0.25, -0.2) is 4.98 Å². The van der Waals surface area contributed by atoms with Gasteiger partial charge in [0.1, 0.15) is 5.82 Å². The second kappa shape index (κ2) is 3.54. The number of anilines is 1. The van der Waals surface area contributed by atoms with Crippen molar-refractivity contribution in [1.82, 2.24) is 4.98 Å². The van der Waals surface area contributed by atoms with Crippen molar-refractivity contribution in [2.75, 3.05) is 11.9 Å². The highest BCUT2D eigenvalue weighted by Gasteiger charge is 2.20. The third kappa shape index (κ3) is 1.94. The molecule has 2 nitrogen and oxygen atoms in total. The highest BCUT2D eigenvalue weighted by molar-refractivity contribution is 5.79. The molecule has 2 aromatic rings. The van der Waals surface area contributed by atoms with Gasteiger partial charge in [-0.15, -0.1) is 0 Å². The van der Waals surface area contributed by atoms with Crippen LogP contribution < -0.4 is 5.32 Å². The number of aromatic nitrogens is 1. The fourth-order valence-corrected chi connectivity index (χ4v) is 1.68. The summed E-state index contributed by atoms with van der Waals surface area (Å²) in [6.45, 7) is 1.06. The van der Waals surface area contributed by atoms with E-state index in [-0.39, 0.29) is 0 Å². The van der Waals surface area contributed by atoms with E-state index in [9.17, 15) is 0 Å². The second-order valence-corrected chi connectivity index (χ2v) is 4.14. The number of pyridine rings is 1. The minimum Gasteiger partial charge on any atom is -0.370 e. The molecule has 1 aromatic heterocycles. The SMILES string of the molecule is [c]1ccc2ccc(NCC3CC3)nc2c1.